The summed E-state index contributed by atoms with van der Waals surface area (Å²) < 4.78 is 1.67. The van der Waals surface area contributed by atoms with Crippen LogP contribution in [0, 0.1) is 0 Å². The maximum absolute atomic E-state index is 2.38. The van der Waals surface area contributed by atoms with Crippen molar-refractivity contribution in [2.24, 2.45) is 0 Å². The standard InChI is InChI=1S/C14H22Ge/c1-4-7-13-15(5-2,6-3)14-11-9-8-10-12-14/h4,7-12H,5-6,13H2,1-3H3/b7-4+. The van der Waals surface area contributed by atoms with Gasteiger partial charge in [-0.3, -0.25) is 0 Å². The third-order valence-electron chi connectivity index (χ3n) is 3.48. The van der Waals surface area contributed by atoms with Crippen LogP contribution in [0.15, 0.2) is 42.5 Å². The predicted octanol–water partition coefficient (Wildman–Crippen LogP) is 3.96. The molecule has 0 nitrogen and oxygen atoms in total. The number of benzene rings is 1. The summed E-state index contributed by atoms with van der Waals surface area (Å²) in [5.74, 6) is 0. The molecule has 0 aromatic heterocycles. The molecular weight excluding hydrogens is 241 g/mol. The maximum atomic E-state index is 2.38. The zero-order valence-electron chi connectivity index (χ0n) is 10.2. The molecule has 0 atom stereocenters. The fourth-order valence-electron chi connectivity index (χ4n) is 2.20. The molecule has 0 spiro atoms. The van der Waals surface area contributed by atoms with Gasteiger partial charge in [0.05, 0.1) is 0 Å². The molecule has 0 heterocycles. The minimum atomic E-state index is -1.78. The summed E-state index contributed by atoms with van der Waals surface area (Å²) in [7, 11) is 0. The van der Waals surface area contributed by atoms with Crippen molar-refractivity contribution >= 4 is 17.7 Å². The summed E-state index contributed by atoms with van der Waals surface area (Å²) in [6.07, 6.45) is 4.58. The molecule has 0 saturated carbocycles. The summed E-state index contributed by atoms with van der Waals surface area (Å²) in [5, 5.41) is 4.13. The van der Waals surface area contributed by atoms with Gasteiger partial charge in [0.15, 0.2) is 0 Å². The fourth-order valence-corrected chi connectivity index (χ4v) is 10.00. The van der Waals surface area contributed by atoms with Crippen LogP contribution in [0.5, 0.6) is 0 Å². The van der Waals surface area contributed by atoms with E-state index in [9.17, 15) is 0 Å². The Morgan fingerprint density at radius 2 is 1.67 bits per heavy atom. The van der Waals surface area contributed by atoms with Gasteiger partial charge in [0.25, 0.3) is 0 Å². The van der Waals surface area contributed by atoms with Crippen LogP contribution >= 0.6 is 0 Å². The van der Waals surface area contributed by atoms with Crippen molar-refractivity contribution in [2.45, 2.75) is 36.5 Å². The van der Waals surface area contributed by atoms with Crippen LogP contribution in [0.25, 0.3) is 0 Å². The Bertz CT molecular complexity index is 296. The number of rotatable bonds is 5. The summed E-state index contributed by atoms with van der Waals surface area (Å²) in [5.41, 5.74) is 0. The molecule has 0 radical (unpaired) electrons. The third kappa shape index (κ3) is 2.98. The second kappa shape index (κ2) is 6.17. The first kappa shape index (κ1) is 12.6. The molecule has 0 aliphatic heterocycles. The summed E-state index contributed by atoms with van der Waals surface area (Å²) >= 11 is -1.78. The SMILES string of the molecule is C/C=C/[CH2][Ge]([CH2]C)([CH2]C)[c]1ccccc1. The Morgan fingerprint density at radius 1 is 1.07 bits per heavy atom. The molecule has 1 aromatic rings. The molecule has 0 bridgehead atoms. The molecule has 0 fully saturated rings. The molecule has 0 saturated heterocycles. The minimum absolute atomic E-state index is 1.34. The van der Waals surface area contributed by atoms with Crippen LogP contribution < -0.4 is 4.40 Å². The number of hydrogen-bond donors (Lipinski definition) is 0. The van der Waals surface area contributed by atoms with Crippen LogP contribution in [0.4, 0.5) is 0 Å². The normalized spacial score (nSPS) is 12.2. The van der Waals surface area contributed by atoms with Crippen molar-refractivity contribution < 1.29 is 0 Å². The molecule has 1 rings (SSSR count). The Labute approximate surface area is 96.8 Å². The zero-order chi connectivity index (χ0) is 11.1. The molecule has 0 aliphatic carbocycles. The molecule has 1 aromatic carbocycles. The quantitative estimate of drug-likeness (QED) is 0.557. The molecule has 1 heteroatoms. The molecule has 0 unspecified atom stereocenters. The van der Waals surface area contributed by atoms with Crippen LogP contribution in [0.2, 0.25) is 15.8 Å². The zero-order valence-corrected chi connectivity index (χ0v) is 12.3. The van der Waals surface area contributed by atoms with Gasteiger partial charge in [-0.15, -0.1) is 0 Å². The molecular formula is C14H22Ge. The van der Waals surface area contributed by atoms with E-state index in [0.29, 0.717) is 0 Å². The van der Waals surface area contributed by atoms with E-state index in [0.717, 1.165) is 0 Å². The summed E-state index contributed by atoms with van der Waals surface area (Å²) in [4.78, 5) is 0. The van der Waals surface area contributed by atoms with Crippen LogP contribution in [-0.2, 0) is 0 Å². The Hall–Kier alpha value is -0.497. The number of allylic oxidation sites excluding steroid dienone is 2. The molecule has 0 amide bonds. The van der Waals surface area contributed by atoms with Crippen molar-refractivity contribution in [1.82, 2.24) is 0 Å². The van der Waals surface area contributed by atoms with E-state index in [-0.39, 0.29) is 0 Å². The van der Waals surface area contributed by atoms with Gasteiger partial charge >= 0.3 is 96.7 Å². The summed E-state index contributed by atoms with van der Waals surface area (Å²) in [6.45, 7) is 6.88. The van der Waals surface area contributed by atoms with Crippen LogP contribution in [0.1, 0.15) is 20.8 Å². The van der Waals surface area contributed by atoms with Crippen molar-refractivity contribution in [2.75, 3.05) is 0 Å². The number of hydrogen-bond acceptors (Lipinski definition) is 0. The van der Waals surface area contributed by atoms with Crippen LogP contribution in [-0.4, -0.2) is 13.3 Å². The second-order valence-electron chi connectivity index (χ2n) is 4.13. The van der Waals surface area contributed by atoms with Crippen LogP contribution in [0.3, 0.4) is 0 Å². The molecule has 15 heavy (non-hydrogen) atoms. The Morgan fingerprint density at radius 3 is 2.13 bits per heavy atom. The van der Waals surface area contributed by atoms with Gasteiger partial charge in [-0.25, -0.2) is 0 Å². The monoisotopic (exact) mass is 264 g/mol. The van der Waals surface area contributed by atoms with Gasteiger partial charge in [0, 0.05) is 0 Å². The van der Waals surface area contributed by atoms with E-state index in [2.05, 4.69) is 63.3 Å². The first-order valence-corrected chi connectivity index (χ1v) is 11.5. The topological polar surface area (TPSA) is 0 Å². The third-order valence-corrected chi connectivity index (χ3v) is 14.6. The van der Waals surface area contributed by atoms with Gasteiger partial charge in [-0.2, -0.15) is 0 Å². The van der Waals surface area contributed by atoms with E-state index in [1.165, 1.54) is 15.8 Å². The van der Waals surface area contributed by atoms with E-state index >= 15 is 0 Å². The molecule has 82 valence electrons. The predicted molar refractivity (Wildman–Crippen MR) is 72.4 cm³/mol. The van der Waals surface area contributed by atoms with Crippen molar-refractivity contribution in [3.8, 4) is 0 Å². The second-order valence-corrected chi connectivity index (χ2v) is 14.5. The average molecular weight is 263 g/mol. The van der Waals surface area contributed by atoms with Gasteiger partial charge < -0.3 is 0 Å². The van der Waals surface area contributed by atoms with E-state index in [1.807, 2.05) is 0 Å². The molecule has 0 N–H and O–H groups in total. The first-order chi connectivity index (χ1) is 7.29. The average Bonchev–Trinajstić information content (AvgIpc) is 2.33. The Kier molecular flexibility index (Phi) is 5.17. The van der Waals surface area contributed by atoms with E-state index in [1.54, 1.807) is 4.40 Å². The van der Waals surface area contributed by atoms with Gasteiger partial charge in [0.1, 0.15) is 0 Å². The molecule has 0 aliphatic rings. The Balaban J connectivity index is 2.99. The first-order valence-electron chi connectivity index (χ1n) is 5.95. The van der Waals surface area contributed by atoms with Crippen molar-refractivity contribution in [1.29, 1.82) is 0 Å². The van der Waals surface area contributed by atoms with Gasteiger partial charge in [-0.05, 0) is 0 Å². The van der Waals surface area contributed by atoms with Gasteiger partial charge in [-0.1, -0.05) is 0 Å². The van der Waals surface area contributed by atoms with Gasteiger partial charge in [0.2, 0.25) is 0 Å². The van der Waals surface area contributed by atoms with E-state index < -0.39 is 13.3 Å². The van der Waals surface area contributed by atoms with E-state index in [4.69, 9.17) is 0 Å². The fraction of sp³-hybridized carbons (Fsp3) is 0.429. The van der Waals surface area contributed by atoms with Crippen molar-refractivity contribution in [3.05, 3.63) is 42.5 Å². The summed E-state index contributed by atoms with van der Waals surface area (Å²) in [6, 6.07) is 11.2. The van der Waals surface area contributed by atoms with Crippen molar-refractivity contribution in [3.63, 3.8) is 0 Å².